The number of hydrogen-bond acceptors (Lipinski definition) is 2. The van der Waals surface area contributed by atoms with Gasteiger partial charge in [-0.3, -0.25) is 9.59 Å². The molecule has 1 amide bonds. The molecule has 2 atom stereocenters. The molecule has 2 saturated carbocycles. The number of carbonyl (C=O) groups excluding carboxylic acids is 1. The number of carbonyl (C=O) groups is 2. The van der Waals surface area contributed by atoms with Crippen LogP contribution in [0.25, 0.3) is 0 Å². The first-order chi connectivity index (χ1) is 7.18. The van der Waals surface area contributed by atoms with Crippen molar-refractivity contribution >= 4 is 11.9 Å². The molecule has 0 aliphatic heterocycles. The number of rotatable bonds is 4. The molecule has 2 unspecified atom stereocenters. The molecule has 2 aliphatic rings. The minimum atomic E-state index is -0.820. The van der Waals surface area contributed by atoms with E-state index in [0.29, 0.717) is 12.3 Å². The summed E-state index contributed by atoms with van der Waals surface area (Å²) < 4.78 is 0. The maximum absolute atomic E-state index is 11.7. The molecule has 2 fully saturated rings. The summed E-state index contributed by atoms with van der Waals surface area (Å²) in [5.74, 6) is -0.963. The van der Waals surface area contributed by atoms with Gasteiger partial charge in [0.15, 0.2) is 0 Å². The van der Waals surface area contributed by atoms with Gasteiger partial charge in [0, 0.05) is 6.54 Å². The predicted octanol–water partition coefficient (Wildman–Crippen LogP) is 1.01. The molecular weight excluding hydrogens is 194 g/mol. The fourth-order valence-electron chi connectivity index (χ4n) is 2.27. The predicted molar refractivity (Wildman–Crippen MR) is 54.2 cm³/mol. The Morgan fingerprint density at radius 3 is 2.40 bits per heavy atom. The summed E-state index contributed by atoms with van der Waals surface area (Å²) in [6.45, 7) is 0.738. The molecule has 0 aromatic heterocycles. The van der Waals surface area contributed by atoms with Crippen molar-refractivity contribution in [1.29, 1.82) is 0 Å². The van der Waals surface area contributed by atoms with E-state index in [1.165, 1.54) is 12.8 Å². The maximum atomic E-state index is 11.7. The molecule has 2 rings (SSSR count). The molecule has 0 radical (unpaired) electrons. The number of hydrogen-bond donors (Lipinski definition) is 2. The molecule has 15 heavy (non-hydrogen) atoms. The first-order valence-electron chi connectivity index (χ1n) is 5.69. The fraction of sp³-hybridized carbons (Fsp3) is 0.818. The second kappa shape index (κ2) is 4.21. The third kappa shape index (κ3) is 2.49. The topological polar surface area (TPSA) is 66.4 Å². The van der Waals surface area contributed by atoms with E-state index in [-0.39, 0.29) is 11.8 Å². The standard InChI is InChI=1S/C11H17NO3/c13-10(12-6-7-4-5-7)8-2-1-3-9(8)11(14)15/h7-9H,1-6H2,(H,12,13)(H,14,15). The third-order valence-electron chi connectivity index (χ3n) is 3.43. The van der Waals surface area contributed by atoms with Crippen LogP contribution in [0, 0.1) is 17.8 Å². The SMILES string of the molecule is O=C(O)C1CCCC1C(=O)NCC1CC1. The van der Waals surface area contributed by atoms with E-state index in [0.717, 1.165) is 19.4 Å². The smallest absolute Gasteiger partial charge is 0.307 e. The first-order valence-corrected chi connectivity index (χ1v) is 5.69. The Balaban J connectivity index is 1.84. The van der Waals surface area contributed by atoms with Gasteiger partial charge in [-0.25, -0.2) is 0 Å². The van der Waals surface area contributed by atoms with E-state index in [4.69, 9.17) is 5.11 Å². The molecule has 2 aliphatic carbocycles. The molecule has 0 spiro atoms. The van der Waals surface area contributed by atoms with Crippen LogP contribution in [0.1, 0.15) is 32.1 Å². The average molecular weight is 211 g/mol. The number of amides is 1. The highest BCUT2D eigenvalue weighted by molar-refractivity contribution is 5.85. The number of aliphatic carboxylic acids is 1. The van der Waals surface area contributed by atoms with Crippen molar-refractivity contribution in [2.45, 2.75) is 32.1 Å². The molecule has 84 valence electrons. The Hall–Kier alpha value is -1.06. The van der Waals surface area contributed by atoms with Crippen LogP contribution in [-0.2, 0) is 9.59 Å². The van der Waals surface area contributed by atoms with Crippen LogP contribution in [0.5, 0.6) is 0 Å². The number of carboxylic acids is 1. The van der Waals surface area contributed by atoms with Gasteiger partial charge < -0.3 is 10.4 Å². The van der Waals surface area contributed by atoms with E-state index >= 15 is 0 Å². The summed E-state index contributed by atoms with van der Waals surface area (Å²) in [4.78, 5) is 22.6. The van der Waals surface area contributed by atoms with Gasteiger partial charge in [-0.05, 0) is 31.6 Å². The summed E-state index contributed by atoms with van der Waals surface area (Å²) in [5, 5.41) is 11.8. The van der Waals surface area contributed by atoms with E-state index in [9.17, 15) is 9.59 Å². The highest BCUT2D eigenvalue weighted by Crippen LogP contribution is 2.32. The van der Waals surface area contributed by atoms with E-state index < -0.39 is 11.9 Å². The van der Waals surface area contributed by atoms with Gasteiger partial charge in [-0.1, -0.05) is 6.42 Å². The Bertz CT molecular complexity index is 273. The van der Waals surface area contributed by atoms with Crippen LogP contribution in [0.4, 0.5) is 0 Å². The molecule has 2 N–H and O–H groups in total. The molecule has 4 heteroatoms. The number of carboxylic acid groups (broad SMARTS) is 1. The lowest BCUT2D eigenvalue weighted by Crippen LogP contribution is -2.36. The van der Waals surface area contributed by atoms with Crippen LogP contribution in [0.15, 0.2) is 0 Å². The molecule has 4 nitrogen and oxygen atoms in total. The first kappa shape index (κ1) is 10.5. The van der Waals surface area contributed by atoms with Gasteiger partial charge in [0.25, 0.3) is 0 Å². The Morgan fingerprint density at radius 2 is 1.80 bits per heavy atom. The Kier molecular flexibility index (Phi) is 2.93. The lowest BCUT2D eigenvalue weighted by atomic mass is 9.95. The van der Waals surface area contributed by atoms with Crippen molar-refractivity contribution in [1.82, 2.24) is 5.32 Å². The van der Waals surface area contributed by atoms with Gasteiger partial charge in [0.05, 0.1) is 11.8 Å². The van der Waals surface area contributed by atoms with E-state index in [1.54, 1.807) is 0 Å². The summed E-state index contributed by atoms with van der Waals surface area (Å²) in [5.41, 5.74) is 0. The van der Waals surface area contributed by atoms with Crippen LogP contribution in [-0.4, -0.2) is 23.5 Å². The minimum Gasteiger partial charge on any atom is -0.481 e. The van der Waals surface area contributed by atoms with Gasteiger partial charge in [0.1, 0.15) is 0 Å². The average Bonchev–Trinajstić information content (AvgIpc) is 2.88. The molecular formula is C11H17NO3. The van der Waals surface area contributed by atoms with Crippen molar-refractivity contribution < 1.29 is 14.7 Å². The van der Waals surface area contributed by atoms with Gasteiger partial charge in [-0.2, -0.15) is 0 Å². The molecule has 0 saturated heterocycles. The molecule has 0 aromatic rings. The van der Waals surface area contributed by atoms with Crippen molar-refractivity contribution in [2.24, 2.45) is 17.8 Å². The molecule has 0 heterocycles. The monoisotopic (exact) mass is 211 g/mol. The van der Waals surface area contributed by atoms with Crippen LogP contribution in [0.2, 0.25) is 0 Å². The van der Waals surface area contributed by atoms with Crippen LogP contribution >= 0.6 is 0 Å². The van der Waals surface area contributed by atoms with Gasteiger partial charge in [0.2, 0.25) is 5.91 Å². The zero-order valence-electron chi connectivity index (χ0n) is 8.74. The summed E-state index contributed by atoms with van der Waals surface area (Å²) >= 11 is 0. The zero-order valence-corrected chi connectivity index (χ0v) is 8.74. The van der Waals surface area contributed by atoms with Crippen molar-refractivity contribution in [3.8, 4) is 0 Å². The minimum absolute atomic E-state index is 0.0493. The van der Waals surface area contributed by atoms with E-state index in [1.807, 2.05) is 0 Å². The van der Waals surface area contributed by atoms with Gasteiger partial charge >= 0.3 is 5.97 Å². The quantitative estimate of drug-likeness (QED) is 0.729. The highest BCUT2D eigenvalue weighted by Gasteiger charge is 2.38. The Labute approximate surface area is 89.0 Å². The van der Waals surface area contributed by atoms with Crippen molar-refractivity contribution in [2.75, 3.05) is 6.54 Å². The molecule has 0 bridgehead atoms. The summed E-state index contributed by atoms with van der Waals surface area (Å²) in [6.07, 6.45) is 4.64. The van der Waals surface area contributed by atoms with Crippen LogP contribution in [0.3, 0.4) is 0 Å². The zero-order chi connectivity index (χ0) is 10.8. The van der Waals surface area contributed by atoms with Gasteiger partial charge in [-0.15, -0.1) is 0 Å². The second-order valence-corrected chi connectivity index (χ2v) is 4.67. The second-order valence-electron chi connectivity index (χ2n) is 4.67. The van der Waals surface area contributed by atoms with Crippen LogP contribution < -0.4 is 5.32 Å². The highest BCUT2D eigenvalue weighted by atomic mass is 16.4. The van der Waals surface area contributed by atoms with Crippen molar-refractivity contribution in [3.05, 3.63) is 0 Å². The lowest BCUT2D eigenvalue weighted by molar-refractivity contribution is -0.146. The Morgan fingerprint density at radius 1 is 1.13 bits per heavy atom. The molecule has 0 aromatic carbocycles. The lowest BCUT2D eigenvalue weighted by Gasteiger charge is -2.15. The van der Waals surface area contributed by atoms with E-state index in [2.05, 4.69) is 5.32 Å². The van der Waals surface area contributed by atoms with Crippen molar-refractivity contribution in [3.63, 3.8) is 0 Å². The largest absolute Gasteiger partial charge is 0.481 e. The number of nitrogens with one attached hydrogen (secondary N) is 1. The fourth-order valence-corrected chi connectivity index (χ4v) is 2.27. The summed E-state index contributed by atoms with van der Waals surface area (Å²) in [7, 11) is 0. The maximum Gasteiger partial charge on any atom is 0.307 e. The summed E-state index contributed by atoms with van der Waals surface area (Å²) in [6, 6.07) is 0. The normalized spacial score (nSPS) is 30.1. The third-order valence-corrected chi connectivity index (χ3v) is 3.43.